The van der Waals surface area contributed by atoms with Crippen molar-refractivity contribution < 1.29 is 0 Å². The van der Waals surface area contributed by atoms with Crippen molar-refractivity contribution in [3.05, 3.63) is 83.0 Å². The van der Waals surface area contributed by atoms with Crippen molar-refractivity contribution in [3.8, 4) is 17.2 Å². The van der Waals surface area contributed by atoms with Gasteiger partial charge in [-0.2, -0.15) is 5.26 Å². The van der Waals surface area contributed by atoms with Gasteiger partial charge in [0.05, 0.1) is 5.56 Å². The molecule has 1 fully saturated rings. The average Bonchev–Trinajstić information content (AvgIpc) is 2.75. The van der Waals surface area contributed by atoms with Gasteiger partial charge in [0.15, 0.2) is 0 Å². The highest BCUT2D eigenvalue weighted by molar-refractivity contribution is 6.31. The molecule has 2 heterocycles. The van der Waals surface area contributed by atoms with Crippen LogP contribution < -0.4 is 4.90 Å². The molecule has 0 unspecified atom stereocenters. The molecule has 0 atom stereocenters. The molecule has 0 N–H and O–H groups in total. The van der Waals surface area contributed by atoms with E-state index in [-0.39, 0.29) is 5.15 Å². The van der Waals surface area contributed by atoms with Gasteiger partial charge in [-0.15, -0.1) is 0 Å². The second-order valence-electron chi connectivity index (χ2n) is 7.29. The Morgan fingerprint density at radius 2 is 1.64 bits per heavy atom. The molecule has 28 heavy (non-hydrogen) atoms. The molecule has 1 saturated heterocycles. The van der Waals surface area contributed by atoms with Gasteiger partial charge in [-0.05, 0) is 42.4 Å². The number of anilines is 1. The van der Waals surface area contributed by atoms with Crippen molar-refractivity contribution in [2.45, 2.75) is 19.3 Å². The molecule has 3 nitrogen and oxygen atoms in total. The van der Waals surface area contributed by atoms with E-state index in [4.69, 9.17) is 11.6 Å². The van der Waals surface area contributed by atoms with Crippen LogP contribution in [0.2, 0.25) is 5.15 Å². The van der Waals surface area contributed by atoms with Crippen molar-refractivity contribution in [2.75, 3.05) is 18.0 Å². The number of halogens is 1. The summed E-state index contributed by atoms with van der Waals surface area (Å²) in [5.41, 5.74) is 3.69. The maximum absolute atomic E-state index is 9.55. The van der Waals surface area contributed by atoms with Crippen LogP contribution in [-0.4, -0.2) is 18.1 Å². The summed E-state index contributed by atoms with van der Waals surface area (Å²) in [5, 5.41) is 9.83. The zero-order valence-corrected chi connectivity index (χ0v) is 16.4. The predicted molar refractivity (Wildman–Crippen MR) is 114 cm³/mol. The highest BCUT2D eigenvalue weighted by Crippen LogP contribution is 2.33. The highest BCUT2D eigenvalue weighted by Gasteiger charge is 2.22. The normalized spacial score (nSPS) is 14.6. The van der Waals surface area contributed by atoms with E-state index in [1.54, 1.807) is 0 Å². The minimum atomic E-state index is 0.283. The van der Waals surface area contributed by atoms with E-state index in [1.807, 2.05) is 36.4 Å². The molecule has 140 valence electrons. The number of aromatic nitrogens is 1. The standard InChI is InChI=1S/C24H22ClN3/c25-24-22(17-26)21(20-9-5-2-6-10-20)16-23(27-24)28-13-11-19(12-14-28)15-18-7-3-1-4-8-18/h1-10,16,19H,11-15H2. The molecule has 4 rings (SSSR count). The van der Waals surface area contributed by atoms with Crippen molar-refractivity contribution in [3.63, 3.8) is 0 Å². The molecule has 1 aromatic heterocycles. The molecular weight excluding hydrogens is 366 g/mol. The van der Waals surface area contributed by atoms with Crippen LogP contribution in [0.3, 0.4) is 0 Å². The molecule has 2 aromatic carbocycles. The molecule has 0 bridgehead atoms. The highest BCUT2D eigenvalue weighted by atomic mass is 35.5. The molecule has 0 amide bonds. The fraction of sp³-hybridized carbons (Fsp3) is 0.250. The van der Waals surface area contributed by atoms with Crippen molar-refractivity contribution in [2.24, 2.45) is 5.92 Å². The Bertz CT molecular complexity index is 972. The number of nitrogens with zero attached hydrogens (tertiary/aromatic N) is 3. The van der Waals surface area contributed by atoms with E-state index in [9.17, 15) is 5.26 Å². The SMILES string of the molecule is N#Cc1c(-c2ccccc2)cc(N2CCC(Cc3ccccc3)CC2)nc1Cl. The van der Waals surface area contributed by atoms with E-state index in [1.165, 1.54) is 5.56 Å². The van der Waals surface area contributed by atoms with Gasteiger partial charge in [0.25, 0.3) is 0 Å². The zero-order chi connectivity index (χ0) is 19.3. The van der Waals surface area contributed by atoms with E-state index in [2.05, 4.69) is 46.3 Å². The number of hydrogen-bond donors (Lipinski definition) is 0. The van der Waals surface area contributed by atoms with E-state index in [0.717, 1.165) is 49.3 Å². The fourth-order valence-electron chi connectivity index (χ4n) is 3.93. The zero-order valence-electron chi connectivity index (χ0n) is 15.7. The lowest BCUT2D eigenvalue weighted by Gasteiger charge is -2.33. The first-order valence-electron chi connectivity index (χ1n) is 9.69. The second-order valence-corrected chi connectivity index (χ2v) is 7.65. The van der Waals surface area contributed by atoms with Crippen LogP contribution in [0.25, 0.3) is 11.1 Å². The molecule has 0 spiro atoms. The van der Waals surface area contributed by atoms with Gasteiger partial charge in [0.1, 0.15) is 17.0 Å². The van der Waals surface area contributed by atoms with Crippen molar-refractivity contribution in [1.29, 1.82) is 5.26 Å². The lowest BCUT2D eigenvalue weighted by molar-refractivity contribution is 0.402. The molecule has 0 radical (unpaired) electrons. The number of benzene rings is 2. The van der Waals surface area contributed by atoms with Gasteiger partial charge < -0.3 is 4.90 Å². The third-order valence-electron chi connectivity index (χ3n) is 5.46. The van der Waals surface area contributed by atoms with Crippen LogP contribution in [-0.2, 0) is 6.42 Å². The number of nitriles is 1. The third kappa shape index (κ3) is 4.03. The van der Waals surface area contributed by atoms with Crippen LogP contribution in [0.4, 0.5) is 5.82 Å². The molecule has 0 aliphatic carbocycles. The Hall–Kier alpha value is -2.83. The van der Waals surface area contributed by atoms with Crippen LogP contribution in [0, 0.1) is 17.2 Å². The van der Waals surface area contributed by atoms with Crippen molar-refractivity contribution >= 4 is 17.4 Å². The van der Waals surface area contributed by atoms with Crippen LogP contribution in [0.5, 0.6) is 0 Å². The molecule has 4 heteroatoms. The maximum atomic E-state index is 9.55. The Balaban J connectivity index is 1.53. The average molecular weight is 388 g/mol. The summed E-state index contributed by atoms with van der Waals surface area (Å²) >= 11 is 6.38. The molecule has 1 aliphatic heterocycles. The number of piperidine rings is 1. The van der Waals surface area contributed by atoms with Crippen LogP contribution in [0.15, 0.2) is 66.7 Å². The molecule has 0 saturated carbocycles. The third-order valence-corrected chi connectivity index (χ3v) is 5.74. The second kappa shape index (κ2) is 8.46. The quantitative estimate of drug-likeness (QED) is 0.536. The molecule has 1 aliphatic rings. The lowest BCUT2D eigenvalue weighted by Crippen LogP contribution is -2.35. The maximum Gasteiger partial charge on any atom is 0.149 e. The van der Waals surface area contributed by atoms with Crippen LogP contribution in [0.1, 0.15) is 24.0 Å². The summed E-state index contributed by atoms with van der Waals surface area (Å²) in [6, 6.07) is 24.8. The van der Waals surface area contributed by atoms with E-state index >= 15 is 0 Å². The predicted octanol–water partition coefficient (Wildman–Crippen LogP) is 5.73. The number of rotatable bonds is 4. The first kappa shape index (κ1) is 18.5. The first-order valence-corrected chi connectivity index (χ1v) is 10.1. The summed E-state index contributed by atoms with van der Waals surface area (Å²) in [5.74, 6) is 1.56. The molecular formula is C24H22ClN3. The summed E-state index contributed by atoms with van der Waals surface area (Å²) in [7, 11) is 0. The monoisotopic (exact) mass is 387 g/mol. The van der Waals surface area contributed by atoms with Crippen molar-refractivity contribution in [1.82, 2.24) is 4.98 Å². The topological polar surface area (TPSA) is 39.9 Å². The Morgan fingerprint density at radius 3 is 2.29 bits per heavy atom. The summed E-state index contributed by atoms with van der Waals surface area (Å²) in [6.45, 7) is 1.92. The van der Waals surface area contributed by atoms with Gasteiger partial charge >= 0.3 is 0 Å². The Morgan fingerprint density at radius 1 is 1.00 bits per heavy atom. The number of hydrogen-bond acceptors (Lipinski definition) is 3. The van der Waals surface area contributed by atoms with Crippen LogP contribution >= 0.6 is 11.6 Å². The van der Waals surface area contributed by atoms with E-state index < -0.39 is 0 Å². The largest absolute Gasteiger partial charge is 0.357 e. The number of pyridine rings is 1. The van der Waals surface area contributed by atoms with Gasteiger partial charge in [-0.1, -0.05) is 72.3 Å². The van der Waals surface area contributed by atoms with Gasteiger partial charge in [0, 0.05) is 18.7 Å². The first-order chi connectivity index (χ1) is 13.7. The smallest absolute Gasteiger partial charge is 0.149 e. The van der Waals surface area contributed by atoms with Gasteiger partial charge in [-0.25, -0.2) is 4.98 Å². The van der Waals surface area contributed by atoms with Gasteiger partial charge in [0.2, 0.25) is 0 Å². The molecule has 3 aromatic rings. The Labute approximate surface area is 171 Å². The summed E-state index contributed by atoms with van der Waals surface area (Å²) in [6.07, 6.45) is 3.40. The Kier molecular flexibility index (Phi) is 5.60. The lowest BCUT2D eigenvalue weighted by atomic mass is 9.90. The minimum Gasteiger partial charge on any atom is -0.357 e. The van der Waals surface area contributed by atoms with Gasteiger partial charge in [-0.3, -0.25) is 0 Å². The van der Waals surface area contributed by atoms with E-state index in [0.29, 0.717) is 11.5 Å². The summed E-state index contributed by atoms with van der Waals surface area (Å²) in [4.78, 5) is 6.82. The summed E-state index contributed by atoms with van der Waals surface area (Å²) < 4.78 is 0. The fourth-order valence-corrected chi connectivity index (χ4v) is 4.16. The minimum absolute atomic E-state index is 0.283.